The van der Waals surface area contributed by atoms with Crippen molar-refractivity contribution in [2.75, 3.05) is 0 Å². The zero-order valence-electron chi connectivity index (χ0n) is 13.7. The first-order valence-corrected chi connectivity index (χ1v) is 8.00. The zero-order valence-corrected chi connectivity index (χ0v) is 14.5. The number of rotatable bonds is 3. The highest BCUT2D eigenvalue weighted by Gasteiger charge is 2.15. The van der Waals surface area contributed by atoms with Gasteiger partial charge in [-0.15, -0.1) is 10.2 Å². The van der Waals surface area contributed by atoms with Crippen molar-refractivity contribution in [3.63, 3.8) is 0 Å². The molecule has 0 saturated heterocycles. The lowest BCUT2D eigenvalue weighted by molar-refractivity contribution is 0.831. The van der Waals surface area contributed by atoms with Gasteiger partial charge in [0, 0.05) is 6.20 Å². The van der Waals surface area contributed by atoms with Gasteiger partial charge >= 0.3 is 0 Å². The summed E-state index contributed by atoms with van der Waals surface area (Å²) >= 11 is 6.13. The Labute approximate surface area is 140 Å². The maximum Gasteiger partial charge on any atom is 0.183 e. The Kier molecular flexibility index (Phi) is 4.18. The minimum atomic E-state index is 0.251. The fraction of sp³-hybridized carbons (Fsp3) is 0.278. The predicted octanol–water partition coefficient (Wildman–Crippen LogP) is 6.14. The standard InChI is InChI=1S/C18H19ClN4/c1-11(2)16-18(23-10-14(19)8-9-15(23)20-16)22-21-17-12(3)6-5-7-13(17)4/h5-11H,1-4H3. The van der Waals surface area contributed by atoms with E-state index in [2.05, 4.69) is 29.1 Å². The molecule has 0 aliphatic carbocycles. The zero-order chi connectivity index (χ0) is 16.6. The van der Waals surface area contributed by atoms with E-state index in [0.29, 0.717) is 5.02 Å². The van der Waals surface area contributed by atoms with Gasteiger partial charge in [0.2, 0.25) is 0 Å². The molecule has 5 heteroatoms. The summed E-state index contributed by atoms with van der Waals surface area (Å²) in [4.78, 5) is 4.66. The lowest BCUT2D eigenvalue weighted by atomic mass is 10.1. The van der Waals surface area contributed by atoms with E-state index >= 15 is 0 Å². The Bertz CT molecular complexity index is 873. The van der Waals surface area contributed by atoms with Crippen LogP contribution in [0.1, 0.15) is 36.6 Å². The van der Waals surface area contributed by atoms with Crippen LogP contribution in [-0.2, 0) is 0 Å². The molecule has 0 aliphatic heterocycles. The molecule has 0 fully saturated rings. The number of halogens is 1. The molecule has 0 saturated carbocycles. The van der Waals surface area contributed by atoms with Crippen molar-refractivity contribution in [3.8, 4) is 0 Å². The van der Waals surface area contributed by atoms with Crippen molar-refractivity contribution in [2.24, 2.45) is 10.2 Å². The number of imidazole rings is 1. The second kappa shape index (κ2) is 6.13. The van der Waals surface area contributed by atoms with E-state index in [1.807, 2.05) is 54.8 Å². The summed E-state index contributed by atoms with van der Waals surface area (Å²) in [5.41, 5.74) is 4.85. The molecule has 0 atom stereocenters. The van der Waals surface area contributed by atoms with Crippen LogP contribution in [0.2, 0.25) is 5.02 Å². The Morgan fingerprint density at radius 1 is 1.04 bits per heavy atom. The van der Waals surface area contributed by atoms with E-state index < -0.39 is 0 Å². The average molecular weight is 327 g/mol. The molecule has 23 heavy (non-hydrogen) atoms. The van der Waals surface area contributed by atoms with Gasteiger partial charge in [-0.05, 0) is 43.0 Å². The van der Waals surface area contributed by atoms with Gasteiger partial charge in [0.15, 0.2) is 5.82 Å². The lowest BCUT2D eigenvalue weighted by Gasteiger charge is -2.04. The SMILES string of the molecule is Cc1cccc(C)c1N=Nc1c(C(C)C)nc2ccc(Cl)cn12. The van der Waals surface area contributed by atoms with E-state index in [4.69, 9.17) is 11.6 Å². The first-order chi connectivity index (χ1) is 11.0. The van der Waals surface area contributed by atoms with Crippen molar-refractivity contribution < 1.29 is 0 Å². The number of aryl methyl sites for hydroxylation is 2. The number of hydrogen-bond acceptors (Lipinski definition) is 3. The van der Waals surface area contributed by atoms with Gasteiger partial charge in [0.25, 0.3) is 0 Å². The molecule has 3 rings (SSSR count). The van der Waals surface area contributed by atoms with E-state index in [-0.39, 0.29) is 5.92 Å². The molecule has 0 unspecified atom stereocenters. The smallest absolute Gasteiger partial charge is 0.183 e. The van der Waals surface area contributed by atoms with Crippen LogP contribution in [0.4, 0.5) is 11.5 Å². The second-order valence-corrected chi connectivity index (χ2v) is 6.43. The van der Waals surface area contributed by atoms with Gasteiger partial charge in [-0.1, -0.05) is 43.6 Å². The van der Waals surface area contributed by atoms with E-state index in [1.165, 1.54) is 0 Å². The molecule has 3 aromatic rings. The molecule has 4 nitrogen and oxygen atoms in total. The molecule has 0 amide bonds. The normalized spacial score (nSPS) is 11.9. The Hall–Kier alpha value is -2.20. The number of nitrogens with zero attached hydrogens (tertiary/aromatic N) is 4. The monoisotopic (exact) mass is 326 g/mol. The summed E-state index contributed by atoms with van der Waals surface area (Å²) < 4.78 is 1.90. The van der Waals surface area contributed by atoms with Crippen LogP contribution < -0.4 is 0 Å². The van der Waals surface area contributed by atoms with E-state index in [0.717, 1.165) is 34.0 Å². The van der Waals surface area contributed by atoms with E-state index in [1.54, 1.807) is 0 Å². The Morgan fingerprint density at radius 2 is 1.74 bits per heavy atom. The molecule has 2 aromatic heterocycles. The highest BCUT2D eigenvalue weighted by Crippen LogP contribution is 2.31. The minimum Gasteiger partial charge on any atom is -0.281 e. The van der Waals surface area contributed by atoms with Crippen molar-refractivity contribution >= 4 is 28.8 Å². The third-order valence-electron chi connectivity index (χ3n) is 3.81. The average Bonchev–Trinajstić information content (AvgIpc) is 2.85. The Balaban J connectivity index is 2.17. The second-order valence-electron chi connectivity index (χ2n) is 5.99. The molecule has 0 radical (unpaired) electrons. The van der Waals surface area contributed by atoms with Gasteiger partial charge in [-0.2, -0.15) is 0 Å². The highest BCUT2D eigenvalue weighted by molar-refractivity contribution is 6.30. The maximum absolute atomic E-state index is 6.13. The van der Waals surface area contributed by atoms with Crippen LogP contribution in [0.5, 0.6) is 0 Å². The van der Waals surface area contributed by atoms with Crippen LogP contribution in [0, 0.1) is 13.8 Å². The van der Waals surface area contributed by atoms with E-state index in [9.17, 15) is 0 Å². The number of fused-ring (bicyclic) bond motifs is 1. The number of azo groups is 1. The third-order valence-corrected chi connectivity index (χ3v) is 4.04. The third kappa shape index (κ3) is 2.99. The first-order valence-electron chi connectivity index (χ1n) is 7.63. The molecular formula is C18H19ClN4. The molecule has 0 N–H and O–H groups in total. The van der Waals surface area contributed by atoms with Gasteiger partial charge in [-0.25, -0.2) is 4.98 Å². The molecule has 0 spiro atoms. The molecule has 0 aliphatic rings. The number of aromatic nitrogens is 2. The van der Waals surface area contributed by atoms with Crippen LogP contribution >= 0.6 is 11.6 Å². The van der Waals surface area contributed by atoms with Gasteiger partial charge in [0.05, 0.1) is 16.4 Å². The minimum absolute atomic E-state index is 0.251. The quantitative estimate of drug-likeness (QED) is 0.533. The molecule has 118 valence electrons. The van der Waals surface area contributed by atoms with Crippen LogP contribution in [0.15, 0.2) is 46.8 Å². The number of pyridine rings is 1. The molecule has 0 bridgehead atoms. The van der Waals surface area contributed by atoms with Crippen LogP contribution in [0.3, 0.4) is 0 Å². The number of hydrogen-bond donors (Lipinski definition) is 0. The summed E-state index contributed by atoms with van der Waals surface area (Å²) in [5.74, 6) is 0.987. The highest BCUT2D eigenvalue weighted by atomic mass is 35.5. The van der Waals surface area contributed by atoms with Crippen molar-refractivity contribution in [2.45, 2.75) is 33.6 Å². The van der Waals surface area contributed by atoms with Crippen LogP contribution in [-0.4, -0.2) is 9.38 Å². The number of benzene rings is 1. The largest absolute Gasteiger partial charge is 0.281 e. The first kappa shape index (κ1) is 15.7. The predicted molar refractivity (Wildman–Crippen MR) is 94.4 cm³/mol. The summed E-state index contributed by atoms with van der Waals surface area (Å²) in [6, 6.07) is 9.83. The summed E-state index contributed by atoms with van der Waals surface area (Å²) in [6.07, 6.45) is 1.83. The van der Waals surface area contributed by atoms with Crippen molar-refractivity contribution in [1.82, 2.24) is 9.38 Å². The summed E-state index contributed by atoms with van der Waals surface area (Å²) in [5, 5.41) is 9.65. The van der Waals surface area contributed by atoms with Gasteiger partial charge in [0.1, 0.15) is 5.65 Å². The lowest BCUT2D eigenvalue weighted by Crippen LogP contribution is -1.88. The molecule has 1 aromatic carbocycles. The fourth-order valence-corrected chi connectivity index (χ4v) is 2.73. The van der Waals surface area contributed by atoms with Crippen molar-refractivity contribution in [3.05, 3.63) is 58.4 Å². The molecular weight excluding hydrogens is 308 g/mol. The Morgan fingerprint density at radius 3 is 2.39 bits per heavy atom. The summed E-state index contributed by atoms with van der Waals surface area (Å²) in [7, 11) is 0. The topological polar surface area (TPSA) is 42.0 Å². The maximum atomic E-state index is 6.13. The molecule has 2 heterocycles. The summed E-state index contributed by atoms with van der Waals surface area (Å²) in [6.45, 7) is 8.27. The van der Waals surface area contributed by atoms with Crippen molar-refractivity contribution in [1.29, 1.82) is 0 Å². The fourth-order valence-electron chi connectivity index (χ4n) is 2.57. The van der Waals surface area contributed by atoms with Gasteiger partial charge in [-0.3, -0.25) is 4.40 Å². The van der Waals surface area contributed by atoms with Gasteiger partial charge < -0.3 is 0 Å². The van der Waals surface area contributed by atoms with Crippen LogP contribution in [0.25, 0.3) is 5.65 Å².